The summed E-state index contributed by atoms with van der Waals surface area (Å²) in [7, 11) is 1.85. The zero-order valence-electron chi connectivity index (χ0n) is 20.4. The number of anilines is 1. The lowest BCUT2D eigenvalue weighted by molar-refractivity contribution is -0.118. The van der Waals surface area contributed by atoms with E-state index in [0.717, 1.165) is 67.3 Å². The Morgan fingerprint density at radius 3 is 2.18 bits per heavy atom. The molecule has 1 aromatic heterocycles. The van der Waals surface area contributed by atoms with Gasteiger partial charge in [-0.1, -0.05) is 18.2 Å². The van der Waals surface area contributed by atoms with Crippen molar-refractivity contribution in [2.45, 2.75) is 45.1 Å². The zero-order valence-corrected chi connectivity index (χ0v) is 20.4. The van der Waals surface area contributed by atoms with Crippen LogP contribution in [0.25, 0.3) is 5.69 Å². The molecule has 5 aliphatic rings. The number of nitrogens with zero attached hydrogens (tertiary/aromatic N) is 4. The predicted molar refractivity (Wildman–Crippen MR) is 133 cm³/mol. The van der Waals surface area contributed by atoms with Crippen LogP contribution in [0, 0.1) is 30.6 Å². The molecule has 7 heteroatoms. The van der Waals surface area contributed by atoms with Crippen molar-refractivity contribution >= 4 is 11.6 Å². The van der Waals surface area contributed by atoms with Gasteiger partial charge >= 0.3 is 0 Å². The van der Waals surface area contributed by atoms with Crippen LogP contribution >= 0.6 is 0 Å². The Labute approximate surface area is 201 Å². The Morgan fingerprint density at radius 2 is 1.56 bits per heavy atom. The topological polar surface area (TPSA) is 62.5 Å². The molecule has 1 saturated heterocycles. The van der Waals surface area contributed by atoms with Gasteiger partial charge in [0.1, 0.15) is 5.69 Å². The quantitative estimate of drug-likeness (QED) is 0.741. The van der Waals surface area contributed by atoms with Crippen LogP contribution in [0.2, 0.25) is 0 Å². The van der Waals surface area contributed by atoms with Gasteiger partial charge in [0.05, 0.1) is 17.9 Å². The second-order valence-corrected chi connectivity index (χ2v) is 11.2. The Hall–Kier alpha value is -2.38. The van der Waals surface area contributed by atoms with E-state index in [1.165, 1.54) is 32.1 Å². The number of benzene rings is 1. The molecular weight excluding hydrogens is 426 g/mol. The fourth-order valence-corrected chi connectivity index (χ4v) is 7.81. The van der Waals surface area contributed by atoms with E-state index in [-0.39, 0.29) is 11.5 Å². The van der Waals surface area contributed by atoms with Crippen molar-refractivity contribution in [2.75, 3.05) is 38.0 Å². The molecule has 1 aliphatic heterocycles. The molecular formula is C27H37N5O2. The fourth-order valence-electron chi connectivity index (χ4n) is 7.81. The maximum absolute atomic E-state index is 13.1. The van der Waals surface area contributed by atoms with E-state index >= 15 is 0 Å². The van der Waals surface area contributed by atoms with Gasteiger partial charge in [-0.2, -0.15) is 0 Å². The van der Waals surface area contributed by atoms with Gasteiger partial charge in [-0.25, -0.2) is 4.68 Å². The van der Waals surface area contributed by atoms with Crippen molar-refractivity contribution in [1.29, 1.82) is 0 Å². The smallest absolute Gasteiger partial charge is 0.295 e. The van der Waals surface area contributed by atoms with Crippen LogP contribution in [0.5, 0.6) is 0 Å². The summed E-state index contributed by atoms with van der Waals surface area (Å²) in [6.07, 6.45) is 7.32. The molecule has 5 fully saturated rings. The van der Waals surface area contributed by atoms with Crippen molar-refractivity contribution in [2.24, 2.45) is 30.7 Å². The Bertz CT molecular complexity index is 1080. The lowest BCUT2D eigenvalue weighted by Gasteiger charge is -2.58. The number of amides is 1. The van der Waals surface area contributed by atoms with Crippen molar-refractivity contribution in [3.05, 3.63) is 46.4 Å². The molecule has 7 nitrogen and oxygen atoms in total. The van der Waals surface area contributed by atoms with Crippen LogP contribution in [0.15, 0.2) is 35.1 Å². The number of para-hydroxylation sites is 1. The third-order valence-electron chi connectivity index (χ3n) is 9.19. The van der Waals surface area contributed by atoms with Crippen LogP contribution in [0.4, 0.5) is 5.69 Å². The molecule has 2 heterocycles. The number of nitrogens with one attached hydrogen (secondary N) is 1. The highest BCUT2D eigenvalue weighted by molar-refractivity contribution is 5.92. The molecule has 0 unspecified atom stereocenters. The SMILES string of the molecule is Cc1c(NC(=O)CN2CCN(C3C4CC5CC(C4)CC3C5)CC2)c(=O)n(-c2ccccc2)n1C. The highest BCUT2D eigenvalue weighted by Gasteiger charge is 2.50. The minimum Gasteiger partial charge on any atom is -0.319 e. The first kappa shape index (κ1) is 22.1. The molecule has 1 aromatic carbocycles. The monoisotopic (exact) mass is 463 g/mol. The van der Waals surface area contributed by atoms with Gasteiger partial charge in [0.15, 0.2) is 0 Å². The second-order valence-electron chi connectivity index (χ2n) is 11.2. The minimum atomic E-state index is -0.189. The number of carbonyl (C=O) groups is 1. The Kier molecular flexibility index (Phi) is 5.65. The second kappa shape index (κ2) is 8.68. The van der Waals surface area contributed by atoms with E-state index in [1.54, 1.807) is 9.36 Å². The third kappa shape index (κ3) is 3.83. The summed E-state index contributed by atoms with van der Waals surface area (Å²) in [5, 5.41) is 2.93. The summed E-state index contributed by atoms with van der Waals surface area (Å²) in [4.78, 5) is 31.0. The molecule has 1 amide bonds. The van der Waals surface area contributed by atoms with E-state index in [9.17, 15) is 9.59 Å². The van der Waals surface area contributed by atoms with E-state index < -0.39 is 0 Å². The average molecular weight is 464 g/mol. The molecule has 182 valence electrons. The number of carbonyl (C=O) groups excluding carboxylic acids is 1. The van der Waals surface area contributed by atoms with Crippen LogP contribution in [-0.2, 0) is 11.8 Å². The van der Waals surface area contributed by atoms with Gasteiger partial charge in [-0.05, 0) is 74.8 Å². The van der Waals surface area contributed by atoms with Gasteiger partial charge in [0.25, 0.3) is 5.56 Å². The lowest BCUT2D eigenvalue weighted by atomic mass is 9.54. The average Bonchev–Trinajstić information content (AvgIpc) is 3.03. The van der Waals surface area contributed by atoms with Crippen molar-refractivity contribution in [1.82, 2.24) is 19.2 Å². The van der Waals surface area contributed by atoms with E-state index in [1.807, 2.05) is 44.3 Å². The van der Waals surface area contributed by atoms with Crippen LogP contribution in [0.1, 0.15) is 37.8 Å². The van der Waals surface area contributed by atoms with Gasteiger partial charge in [-0.3, -0.25) is 24.1 Å². The minimum absolute atomic E-state index is 0.103. The number of aromatic nitrogens is 2. The molecule has 2 aromatic rings. The first-order valence-corrected chi connectivity index (χ1v) is 13.1. The van der Waals surface area contributed by atoms with Crippen LogP contribution < -0.4 is 10.9 Å². The zero-order chi connectivity index (χ0) is 23.4. The first-order chi connectivity index (χ1) is 16.5. The Balaban J connectivity index is 1.07. The summed E-state index contributed by atoms with van der Waals surface area (Å²) in [6, 6.07) is 10.3. The number of hydrogen-bond donors (Lipinski definition) is 1. The first-order valence-electron chi connectivity index (χ1n) is 13.1. The molecule has 4 bridgehead atoms. The molecule has 7 rings (SSSR count). The summed E-state index contributed by atoms with van der Waals surface area (Å²) in [5.74, 6) is 3.75. The molecule has 0 radical (unpaired) electrons. The van der Waals surface area contributed by atoms with Crippen LogP contribution in [-0.4, -0.2) is 63.8 Å². The van der Waals surface area contributed by atoms with Crippen molar-refractivity contribution in [3.8, 4) is 5.69 Å². The highest BCUT2D eigenvalue weighted by atomic mass is 16.2. The molecule has 4 saturated carbocycles. The maximum Gasteiger partial charge on any atom is 0.295 e. The third-order valence-corrected chi connectivity index (χ3v) is 9.19. The van der Waals surface area contributed by atoms with Gasteiger partial charge in [-0.15, -0.1) is 0 Å². The van der Waals surface area contributed by atoms with Gasteiger partial charge < -0.3 is 5.32 Å². The van der Waals surface area contributed by atoms with E-state index in [4.69, 9.17) is 0 Å². The molecule has 1 N–H and O–H groups in total. The van der Waals surface area contributed by atoms with Crippen LogP contribution in [0.3, 0.4) is 0 Å². The number of hydrogen-bond acceptors (Lipinski definition) is 4. The lowest BCUT2D eigenvalue weighted by Crippen LogP contribution is -2.60. The summed E-state index contributed by atoms with van der Waals surface area (Å²) in [5.41, 5.74) is 1.74. The van der Waals surface area contributed by atoms with Crippen molar-refractivity contribution in [3.63, 3.8) is 0 Å². The van der Waals surface area contributed by atoms with Crippen molar-refractivity contribution < 1.29 is 4.79 Å². The van der Waals surface area contributed by atoms with Gasteiger partial charge in [0, 0.05) is 39.3 Å². The predicted octanol–water partition coefficient (Wildman–Crippen LogP) is 2.87. The van der Waals surface area contributed by atoms with Gasteiger partial charge in [0.2, 0.25) is 5.91 Å². The summed E-state index contributed by atoms with van der Waals surface area (Å²) >= 11 is 0. The number of piperazine rings is 1. The fraction of sp³-hybridized carbons (Fsp3) is 0.630. The maximum atomic E-state index is 13.1. The largest absolute Gasteiger partial charge is 0.319 e. The molecule has 0 spiro atoms. The standard InChI is InChI=1S/C27H37N5O2/c1-18-25(27(34)32(29(18)2)23-6-4-3-5-7-23)28-24(33)17-30-8-10-31(11-9-30)26-21-13-19-12-20(15-21)16-22(26)14-19/h3-7,19-22,26H,8-17H2,1-2H3,(H,28,33). The normalized spacial score (nSPS) is 31.2. The molecule has 4 aliphatic carbocycles. The van der Waals surface area contributed by atoms with E-state index in [0.29, 0.717) is 12.2 Å². The summed E-state index contributed by atoms with van der Waals surface area (Å²) < 4.78 is 3.41. The van der Waals surface area contributed by atoms with E-state index in [2.05, 4.69) is 15.1 Å². The summed E-state index contributed by atoms with van der Waals surface area (Å²) in [6.45, 7) is 6.20. The highest BCUT2D eigenvalue weighted by Crippen LogP contribution is 2.55. The molecule has 0 atom stereocenters. The molecule has 34 heavy (non-hydrogen) atoms. The Morgan fingerprint density at radius 1 is 0.941 bits per heavy atom. The number of rotatable bonds is 5.